The second-order valence-electron chi connectivity index (χ2n) is 6.51. The number of pyridine rings is 1. The number of anilines is 2. The summed E-state index contributed by atoms with van der Waals surface area (Å²) in [7, 11) is 0. The molecule has 4 heterocycles. The Bertz CT molecular complexity index is 980. The molecule has 27 heavy (non-hydrogen) atoms. The van der Waals surface area contributed by atoms with E-state index in [-0.39, 0.29) is 17.0 Å². The van der Waals surface area contributed by atoms with Gasteiger partial charge in [0.15, 0.2) is 16.8 Å². The highest BCUT2D eigenvalue weighted by Crippen LogP contribution is 2.29. The van der Waals surface area contributed by atoms with Crippen molar-refractivity contribution < 1.29 is 13.6 Å². The molecular weight excluding hydrogens is 369 g/mol. The average molecular weight is 387 g/mol. The van der Waals surface area contributed by atoms with E-state index in [4.69, 9.17) is 10.2 Å². The predicted molar refractivity (Wildman–Crippen MR) is 101 cm³/mol. The Morgan fingerprint density at radius 2 is 2.22 bits per heavy atom. The largest absolute Gasteiger partial charge is 0.446 e. The Labute approximate surface area is 159 Å². The van der Waals surface area contributed by atoms with Gasteiger partial charge in [-0.05, 0) is 31.2 Å². The summed E-state index contributed by atoms with van der Waals surface area (Å²) < 4.78 is 18.7. The van der Waals surface area contributed by atoms with Crippen molar-refractivity contribution in [3.05, 3.63) is 47.2 Å². The van der Waals surface area contributed by atoms with Crippen molar-refractivity contribution in [1.29, 1.82) is 0 Å². The number of aromatic nitrogens is 2. The minimum absolute atomic E-state index is 0.261. The van der Waals surface area contributed by atoms with Crippen LogP contribution in [0.3, 0.4) is 0 Å². The lowest BCUT2D eigenvalue weighted by atomic mass is 9.97. The van der Waals surface area contributed by atoms with Gasteiger partial charge in [-0.1, -0.05) is 0 Å². The van der Waals surface area contributed by atoms with Gasteiger partial charge in [-0.15, -0.1) is 11.3 Å². The molecule has 0 saturated carbocycles. The number of amides is 2. The third-order valence-corrected chi connectivity index (χ3v) is 5.25. The zero-order chi connectivity index (χ0) is 19.0. The Hall–Kier alpha value is -2.94. The normalized spacial score (nSPS) is 14.2. The molecule has 3 aromatic rings. The topological polar surface area (TPSA) is 97.3 Å². The maximum atomic E-state index is 13.2. The molecule has 1 aliphatic rings. The Morgan fingerprint density at radius 3 is 2.89 bits per heavy atom. The second-order valence-corrected chi connectivity index (χ2v) is 7.54. The Morgan fingerprint density at radius 1 is 1.41 bits per heavy atom. The zero-order valence-electron chi connectivity index (χ0n) is 14.6. The van der Waals surface area contributed by atoms with Gasteiger partial charge in [0.25, 0.3) is 0 Å². The number of nitrogens with one attached hydrogen (secondary N) is 1. The van der Waals surface area contributed by atoms with Gasteiger partial charge in [-0.2, -0.15) is 4.39 Å². The Kier molecular flexibility index (Phi) is 4.53. The molecule has 3 N–H and O–H groups in total. The number of carbonyl (C=O) groups excluding carboxylic acids is 1. The van der Waals surface area contributed by atoms with Crippen LogP contribution >= 0.6 is 11.3 Å². The van der Waals surface area contributed by atoms with Crippen molar-refractivity contribution in [2.45, 2.75) is 13.3 Å². The fourth-order valence-corrected chi connectivity index (χ4v) is 3.65. The van der Waals surface area contributed by atoms with Gasteiger partial charge in [0.05, 0.1) is 22.5 Å². The van der Waals surface area contributed by atoms with Crippen LogP contribution in [0.1, 0.15) is 11.7 Å². The summed E-state index contributed by atoms with van der Waals surface area (Å²) in [5, 5.41) is 2.45. The van der Waals surface area contributed by atoms with Crippen LogP contribution in [0, 0.1) is 18.0 Å². The van der Waals surface area contributed by atoms with Gasteiger partial charge in [0.1, 0.15) is 5.76 Å². The first-order chi connectivity index (χ1) is 13.0. The summed E-state index contributed by atoms with van der Waals surface area (Å²) in [5.74, 6) is 2.07. The van der Waals surface area contributed by atoms with Gasteiger partial charge in [-0.3, -0.25) is 5.32 Å². The number of rotatable bonds is 4. The van der Waals surface area contributed by atoms with Gasteiger partial charge in [0, 0.05) is 25.4 Å². The van der Waals surface area contributed by atoms with E-state index in [1.807, 2.05) is 6.92 Å². The van der Waals surface area contributed by atoms with Crippen LogP contribution in [-0.4, -0.2) is 34.0 Å². The number of halogens is 1. The molecule has 0 atom stereocenters. The van der Waals surface area contributed by atoms with Crippen molar-refractivity contribution in [2.75, 3.05) is 24.1 Å². The van der Waals surface area contributed by atoms with Crippen molar-refractivity contribution in [3.63, 3.8) is 0 Å². The van der Waals surface area contributed by atoms with E-state index < -0.39 is 0 Å². The minimum Gasteiger partial charge on any atom is -0.446 e. The van der Waals surface area contributed by atoms with Crippen molar-refractivity contribution in [1.82, 2.24) is 14.9 Å². The van der Waals surface area contributed by atoms with E-state index in [0.717, 1.165) is 17.1 Å². The predicted octanol–water partition coefficient (Wildman–Crippen LogP) is 3.53. The SMILES string of the molecule is Cc1cnc(CC2CN(C(=O)Nc3nc(-c4ccc(F)s4)ccc3N)C2)o1. The standard InChI is InChI=1S/C18H18FN5O2S/c1-10-7-21-16(26-10)6-11-8-24(9-11)18(25)23-17-12(20)2-3-13(22-17)14-4-5-15(19)27-14/h2-5,7,11H,6,8-9,20H2,1H3,(H,22,23,25). The number of oxazole rings is 1. The van der Waals surface area contributed by atoms with Gasteiger partial charge in [-0.25, -0.2) is 14.8 Å². The number of nitrogen functional groups attached to an aromatic ring is 1. The maximum Gasteiger partial charge on any atom is 0.323 e. The van der Waals surface area contributed by atoms with Crippen LogP contribution in [0.25, 0.3) is 10.6 Å². The summed E-state index contributed by atoms with van der Waals surface area (Å²) in [5.41, 5.74) is 6.85. The lowest BCUT2D eigenvalue weighted by Gasteiger charge is -2.38. The number of hydrogen-bond acceptors (Lipinski definition) is 6. The van der Waals surface area contributed by atoms with Crippen LogP contribution in [0.15, 0.2) is 34.9 Å². The van der Waals surface area contributed by atoms with E-state index in [1.165, 1.54) is 6.07 Å². The molecule has 4 rings (SSSR count). The molecule has 9 heteroatoms. The lowest BCUT2D eigenvalue weighted by Crippen LogP contribution is -2.52. The van der Waals surface area contributed by atoms with E-state index in [1.54, 1.807) is 29.3 Å². The number of thiophene rings is 1. The zero-order valence-corrected chi connectivity index (χ0v) is 15.4. The van der Waals surface area contributed by atoms with Crippen molar-refractivity contribution >= 4 is 28.9 Å². The van der Waals surface area contributed by atoms with E-state index in [0.29, 0.717) is 47.6 Å². The fraction of sp³-hybridized carbons (Fsp3) is 0.278. The molecule has 0 spiro atoms. The summed E-state index contributed by atoms with van der Waals surface area (Å²) in [4.78, 5) is 23.3. The first-order valence-corrected chi connectivity index (χ1v) is 9.29. The molecule has 0 unspecified atom stereocenters. The molecule has 3 aromatic heterocycles. The first kappa shape index (κ1) is 17.5. The molecule has 0 radical (unpaired) electrons. The second kappa shape index (κ2) is 6.99. The molecule has 1 fully saturated rings. The number of likely N-dealkylation sites (tertiary alicyclic amines) is 1. The molecular formula is C18H18FN5O2S. The number of urea groups is 1. The summed E-state index contributed by atoms with van der Waals surface area (Å²) in [6, 6.07) is 6.12. The number of nitrogens with zero attached hydrogens (tertiary/aromatic N) is 3. The minimum atomic E-state index is -0.290. The summed E-state index contributed by atoms with van der Waals surface area (Å²) in [6.45, 7) is 3.08. The molecule has 7 nitrogen and oxygen atoms in total. The molecule has 140 valence electrons. The highest BCUT2D eigenvalue weighted by atomic mass is 32.1. The number of aryl methyl sites for hydroxylation is 1. The summed E-state index contributed by atoms with van der Waals surface area (Å²) >= 11 is 0.991. The smallest absolute Gasteiger partial charge is 0.323 e. The quantitative estimate of drug-likeness (QED) is 0.714. The third kappa shape index (κ3) is 3.77. The summed E-state index contributed by atoms with van der Waals surface area (Å²) in [6.07, 6.45) is 2.40. The third-order valence-electron chi connectivity index (χ3n) is 4.35. The molecule has 0 bridgehead atoms. The van der Waals surface area contributed by atoms with Crippen LogP contribution in [0.4, 0.5) is 20.7 Å². The maximum absolute atomic E-state index is 13.2. The molecule has 0 aliphatic carbocycles. The highest BCUT2D eigenvalue weighted by molar-refractivity contribution is 7.13. The molecule has 0 aromatic carbocycles. The molecule has 1 aliphatic heterocycles. The lowest BCUT2D eigenvalue weighted by molar-refractivity contribution is 0.126. The van der Waals surface area contributed by atoms with Crippen LogP contribution in [0.2, 0.25) is 0 Å². The Balaban J connectivity index is 1.37. The van der Waals surface area contributed by atoms with Gasteiger partial charge < -0.3 is 15.1 Å². The van der Waals surface area contributed by atoms with E-state index in [9.17, 15) is 9.18 Å². The van der Waals surface area contributed by atoms with Crippen molar-refractivity contribution in [3.8, 4) is 10.6 Å². The van der Waals surface area contributed by atoms with Crippen LogP contribution < -0.4 is 11.1 Å². The van der Waals surface area contributed by atoms with Crippen LogP contribution in [-0.2, 0) is 6.42 Å². The monoisotopic (exact) mass is 387 g/mol. The van der Waals surface area contributed by atoms with E-state index in [2.05, 4.69) is 15.3 Å². The first-order valence-electron chi connectivity index (χ1n) is 8.47. The number of hydrogen-bond donors (Lipinski definition) is 2. The number of carbonyl (C=O) groups is 1. The van der Waals surface area contributed by atoms with E-state index >= 15 is 0 Å². The number of nitrogens with two attached hydrogens (primary N) is 1. The highest BCUT2D eigenvalue weighted by Gasteiger charge is 2.32. The van der Waals surface area contributed by atoms with Gasteiger partial charge >= 0.3 is 6.03 Å². The van der Waals surface area contributed by atoms with Crippen molar-refractivity contribution in [2.24, 2.45) is 5.92 Å². The molecule has 1 saturated heterocycles. The van der Waals surface area contributed by atoms with Gasteiger partial charge in [0.2, 0.25) is 0 Å². The molecule has 2 amide bonds. The average Bonchev–Trinajstić information content (AvgIpc) is 3.21. The fourth-order valence-electron chi connectivity index (χ4n) is 2.95. The van der Waals surface area contributed by atoms with Crippen LogP contribution in [0.5, 0.6) is 0 Å².